The van der Waals surface area contributed by atoms with Crippen LogP contribution in [0.2, 0.25) is 0 Å². The third kappa shape index (κ3) is 4.76. The number of nitrogens with one attached hydrogen (secondary N) is 1. The molecule has 1 N–H and O–H groups in total. The van der Waals surface area contributed by atoms with Gasteiger partial charge in [-0.3, -0.25) is 9.59 Å². The van der Waals surface area contributed by atoms with Crippen molar-refractivity contribution in [3.8, 4) is 0 Å². The second-order valence-electron chi connectivity index (χ2n) is 8.39. The van der Waals surface area contributed by atoms with Gasteiger partial charge < -0.3 is 14.7 Å². The van der Waals surface area contributed by atoms with Gasteiger partial charge in [-0.1, -0.05) is 44.0 Å². The number of amides is 2. The highest BCUT2D eigenvalue weighted by Crippen LogP contribution is 2.24. The van der Waals surface area contributed by atoms with E-state index in [4.69, 9.17) is 4.52 Å². The number of likely N-dealkylation sites (tertiary alicyclic amines) is 1. The first-order valence-corrected chi connectivity index (χ1v) is 10.9. The zero-order valence-corrected chi connectivity index (χ0v) is 18.1. The Balaban J connectivity index is 1.39. The lowest BCUT2D eigenvalue weighted by Crippen LogP contribution is -2.31. The minimum Gasteiger partial charge on any atom is -0.348 e. The molecule has 3 aromatic rings. The first-order valence-electron chi connectivity index (χ1n) is 10.9. The molecular formula is C24H28N4O3. The van der Waals surface area contributed by atoms with Crippen molar-refractivity contribution < 1.29 is 14.1 Å². The fourth-order valence-corrected chi connectivity index (χ4v) is 3.90. The highest BCUT2D eigenvalue weighted by Gasteiger charge is 2.18. The molecule has 0 saturated carbocycles. The highest BCUT2D eigenvalue weighted by atomic mass is 16.5. The lowest BCUT2D eigenvalue weighted by molar-refractivity contribution is 0.0761. The molecule has 31 heavy (non-hydrogen) atoms. The van der Waals surface area contributed by atoms with E-state index in [0.717, 1.165) is 42.6 Å². The summed E-state index contributed by atoms with van der Waals surface area (Å²) in [6.45, 7) is 6.08. The van der Waals surface area contributed by atoms with Crippen LogP contribution in [0.4, 0.5) is 0 Å². The van der Waals surface area contributed by atoms with Crippen LogP contribution >= 0.6 is 0 Å². The van der Waals surface area contributed by atoms with Gasteiger partial charge >= 0.3 is 0 Å². The molecular weight excluding hydrogens is 392 g/mol. The molecule has 0 atom stereocenters. The molecule has 7 heteroatoms. The van der Waals surface area contributed by atoms with Crippen molar-refractivity contribution in [3.05, 3.63) is 58.9 Å². The van der Waals surface area contributed by atoms with Crippen LogP contribution in [0.25, 0.3) is 11.1 Å². The largest absolute Gasteiger partial charge is 0.348 e. The van der Waals surface area contributed by atoms with E-state index in [1.54, 1.807) is 6.07 Å². The molecule has 0 unspecified atom stereocenters. The molecule has 2 amide bonds. The summed E-state index contributed by atoms with van der Waals surface area (Å²) in [5.41, 5.74) is 3.32. The summed E-state index contributed by atoms with van der Waals surface area (Å²) in [5.74, 6) is 0.0541. The Morgan fingerprint density at radius 1 is 1.06 bits per heavy atom. The van der Waals surface area contributed by atoms with Crippen molar-refractivity contribution in [1.29, 1.82) is 0 Å². The van der Waals surface area contributed by atoms with Crippen molar-refractivity contribution in [2.45, 2.75) is 52.0 Å². The van der Waals surface area contributed by atoms with E-state index >= 15 is 0 Å². The predicted molar refractivity (Wildman–Crippen MR) is 118 cm³/mol. The van der Waals surface area contributed by atoms with Gasteiger partial charge in [0.15, 0.2) is 0 Å². The van der Waals surface area contributed by atoms with E-state index in [0.29, 0.717) is 23.4 Å². The molecule has 0 radical (unpaired) electrons. The molecule has 4 rings (SSSR count). The summed E-state index contributed by atoms with van der Waals surface area (Å²) in [5, 5.41) is 7.73. The molecule has 1 fully saturated rings. The Bertz CT molecular complexity index is 1060. The first-order chi connectivity index (χ1) is 15.0. The standard InChI is InChI=1S/C24H28N4O3/c1-16(2)21-20-13-19(15-26-23(20)31-27-21)22(29)25-14-17-7-9-18(10-8-17)24(30)28-11-5-3-4-6-12-28/h7-10,13,15-16H,3-6,11-12,14H2,1-2H3,(H,25,29). The number of carbonyl (C=O) groups is 2. The van der Waals surface area contributed by atoms with E-state index in [1.165, 1.54) is 19.0 Å². The lowest BCUT2D eigenvalue weighted by atomic mass is 10.1. The second kappa shape index (κ2) is 9.29. The Morgan fingerprint density at radius 3 is 2.45 bits per heavy atom. The minimum absolute atomic E-state index is 0.0894. The maximum atomic E-state index is 12.7. The first kappa shape index (κ1) is 21.0. The molecule has 1 aliphatic rings. The van der Waals surface area contributed by atoms with E-state index in [2.05, 4.69) is 15.5 Å². The highest BCUT2D eigenvalue weighted by molar-refractivity contribution is 5.97. The van der Waals surface area contributed by atoms with Crippen LogP contribution < -0.4 is 5.32 Å². The van der Waals surface area contributed by atoms with E-state index in [-0.39, 0.29) is 17.7 Å². The molecule has 0 bridgehead atoms. The maximum Gasteiger partial charge on any atom is 0.257 e. The van der Waals surface area contributed by atoms with Gasteiger partial charge in [0.25, 0.3) is 17.5 Å². The zero-order chi connectivity index (χ0) is 21.8. The van der Waals surface area contributed by atoms with E-state index in [9.17, 15) is 9.59 Å². The number of pyridine rings is 1. The Kier molecular flexibility index (Phi) is 6.30. The number of nitrogens with zero attached hydrogens (tertiary/aromatic N) is 3. The summed E-state index contributed by atoms with van der Waals surface area (Å²) in [6, 6.07) is 9.24. The smallest absolute Gasteiger partial charge is 0.257 e. The van der Waals surface area contributed by atoms with Crippen LogP contribution in [0.15, 0.2) is 41.1 Å². The van der Waals surface area contributed by atoms with Gasteiger partial charge in [-0.15, -0.1) is 0 Å². The predicted octanol–water partition coefficient (Wildman–Crippen LogP) is 4.29. The fourth-order valence-electron chi connectivity index (χ4n) is 3.90. The van der Waals surface area contributed by atoms with Crippen LogP contribution in [0.1, 0.15) is 77.4 Å². The molecule has 162 valence electrons. The minimum atomic E-state index is -0.213. The molecule has 0 aliphatic carbocycles. The van der Waals surface area contributed by atoms with Gasteiger partial charge in [-0.25, -0.2) is 4.98 Å². The van der Waals surface area contributed by atoms with Crippen molar-refractivity contribution in [2.75, 3.05) is 13.1 Å². The SMILES string of the molecule is CC(C)c1noc2ncc(C(=O)NCc3ccc(C(=O)N4CCCCCC4)cc3)cc12. The number of benzene rings is 1. The molecule has 1 saturated heterocycles. The maximum absolute atomic E-state index is 12.7. The molecule has 1 aliphatic heterocycles. The molecule has 0 spiro atoms. The third-order valence-electron chi connectivity index (χ3n) is 5.71. The average Bonchev–Trinajstić information content (AvgIpc) is 3.02. The summed E-state index contributed by atoms with van der Waals surface area (Å²) in [7, 11) is 0. The Hall–Kier alpha value is -3.22. The summed E-state index contributed by atoms with van der Waals surface area (Å²) in [6.07, 6.45) is 6.03. The number of hydrogen-bond acceptors (Lipinski definition) is 5. The van der Waals surface area contributed by atoms with Crippen molar-refractivity contribution in [1.82, 2.24) is 20.4 Å². The summed E-state index contributed by atoms with van der Waals surface area (Å²) >= 11 is 0. The summed E-state index contributed by atoms with van der Waals surface area (Å²) in [4.78, 5) is 31.5. The Morgan fingerprint density at radius 2 is 1.77 bits per heavy atom. The van der Waals surface area contributed by atoms with Crippen LogP contribution in [-0.4, -0.2) is 39.9 Å². The van der Waals surface area contributed by atoms with Crippen molar-refractivity contribution in [2.24, 2.45) is 0 Å². The molecule has 3 heterocycles. The molecule has 7 nitrogen and oxygen atoms in total. The van der Waals surface area contributed by atoms with Gasteiger partial charge in [-0.2, -0.15) is 0 Å². The van der Waals surface area contributed by atoms with Crippen molar-refractivity contribution in [3.63, 3.8) is 0 Å². The quantitative estimate of drug-likeness (QED) is 0.665. The molecule has 1 aromatic carbocycles. The van der Waals surface area contributed by atoms with Gasteiger partial charge in [0, 0.05) is 31.4 Å². The lowest BCUT2D eigenvalue weighted by Gasteiger charge is -2.20. The van der Waals surface area contributed by atoms with Crippen LogP contribution in [0.3, 0.4) is 0 Å². The van der Waals surface area contributed by atoms with Crippen LogP contribution in [0, 0.1) is 0 Å². The monoisotopic (exact) mass is 420 g/mol. The van der Waals surface area contributed by atoms with Crippen molar-refractivity contribution >= 4 is 22.9 Å². The number of fused-ring (bicyclic) bond motifs is 1. The number of aromatic nitrogens is 2. The fraction of sp³-hybridized carbons (Fsp3) is 0.417. The number of rotatable bonds is 5. The van der Waals surface area contributed by atoms with Gasteiger partial charge in [-0.05, 0) is 42.5 Å². The topological polar surface area (TPSA) is 88.3 Å². The average molecular weight is 421 g/mol. The second-order valence-corrected chi connectivity index (χ2v) is 8.39. The van der Waals surface area contributed by atoms with Crippen LogP contribution in [-0.2, 0) is 6.54 Å². The number of carbonyl (C=O) groups excluding carboxylic acids is 2. The summed E-state index contributed by atoms with van der Waals surface area (Å²) < 4.78 is 5.23. The van der Waals surface area contributed by atoms with E-state index in [1.807, 2.05) is 43.0 Å². The van der Waals surface area contributed by atoms with Gasteiger partial charge in [0.2, 0.25) is 0 Å². The Labute approximate surface area is 181 Å². The van der Waals surface area contributed by atoms with Gasteiger partial charge in [0.1, 0.15) is 0 Å². The van der Waals surface area contributed by atoms with Gasteiger partial charge in [0.05, 0.1) is 16.6 Å². The normalized spacial score (nSPS) is 14.6. The zero-order valence-electron chi connectivity index (χ0n) is 18.1. The third-order valence-corrected chi connectivity index (χ3v) is 5.71. The van der Waals surface area contributed by atoms with E-state index < -0.39 is 0 Å². The number of hydrogen-bond donors (Lipinski definition) is 1. The molecule has 2 aromatic heterocycles. The van der Waals surface area contributed by atoms with Crippen LogP contribution in [0.5, 0.6) is 0 Å².